The number of ether oxygens (including phenoxy) is 3. The monoisotopic (exact) mass is 661 g/mol. The van der Waals surface area contributed by atoms with Crippen LogP contribution in [0.4, 0.5) is 22.0 Å². The van der Waals surface area contributed by atoms with Crippen molar-refractivity contribution in [2.75, 3.05) is 62.7 Å². The molecule has 9 nitrogen and oxygen atoms in total. The van der Waals surface area contributed by atoms with Gasteiger partial charge < -0.3 is 29.3 Å². The van der Waals surface area contributed by atoms with Crippen LogP contribution in [0, 0.1) is 3.57 Å². The van der Waals surface area contributed by atoms with Crippen LogP contribution in [0.5, 0.6) is 5.75 Å². The number of carbonyl (C=O) groups is 1. The molecule has 3 saturated heterocycles. The SMILES string of the molecule is CC1Oc2c(I)cc(C3CCN(C4CN(C(=O)OC(C)(C)C)C4)CC3)cc2Nc2nccc(N3CCOCC3)c21. The molecule has 1 N–H and O–H groups in total. The number of aromatic nitrogens is 1. The Morgan fingerprint density at radius 2 is 1.85 bits per heavy atom. The molecule has 1 amide bonds. The van der Waals surface area contributed by atoms with E-state index in [0.29, 0.717) is 12.0 Å². The summed E-state index contributed by atoms with van der Waals surface area (Å²) in [6.07, 6.45) is 3.77. The second kappa shape index (κ2) is 11.2. The van der Waals surface area contributed by atoms with Gasteiger partial charge in [-0.2, -0.15) is 0 Å². The van der Waals surface area contributed by atoms with Gasteiger partial charge >= 0.3 is 6.09 Å². The Balaban J connectivity index is 1.13. The lowest BCUT2D eigenvalue weighted by Crippen LogP contribution is -2.62. The molecule has 0 aliphatic carbocycles. The predicted octanol–water partition coefficient (Wildman–Crippen LogP) is 5.52. The van der Waals surface area contributed by atoms with Gasteiger partial charge in [-0.05, 0) is 106 Å². The van der Waals surface area contributed by atoms with E-state index in [1.165, 1.54) is 11.3 Å². The predicted molar refractivity (Wildman–Crippen MR) is 164 cm³/mol. The Morgan fingerprint density at radius 1 is 1.12 bits per heavy atom. The van der Waals surface area contributed by atoms with E-state index in [9.17, 15) is 4.79 Å². The number of benzene rings is 1. The number of hydrogen-bond donors (Lipinski definition) is 1. The fraction of sp³-hybridized carbons (Fsp3) is 0.600. The highest BCUT2D eigenvalue weighted by Gasteiger charge is 2.38. The van der Waals surface area contributed by atoms with E-state index in [-0.39, 0.29) is 12.2 Å². The van der Waals surface area contributed by atoms with Gasteiger partial charge in [0.25, 0.3) is 0 Å². The van der Waals surface area contributed by atoms with Crippen molar-refractivity contribution in [1.82, 2.24) is 14.8 Å². The zero-order chi connectivity index (χ0) is 28.0. The summed E-state index contributed by atoms with van der Waals surface area (Å²) < 4.78 is 18.8. The molecule has 10 heteroatoms. The van der Waals surface area contributed by atoms with E-state index in [1.807, 2.05) is 31.9 Å². The number of halogens is 1. The number of pyridine rings is 1. The maximum atomic E-state index is 12.3. The van der Waals surface area contributed by atoms with E-state index < -0.39 is 5.60 Å². The van der Waals surface area contributed by atoms with Crippen molar-refractivity contribution >= 4 is 45.9 Å². The molecule has 40 heavy (non-hydrogen) atoms. The summed E-state index contributed by atoms with van der Waals surface area (Å²) in [4.78, 5) is 23.8. The van der Waals surface area contributed by atoms with Crippen molar-refractivity contribution in [3.8, 4) is 5.75 Å². The lowest BCUT2D eigenvalue weighted by Gasteiger charge is -2.47. The summed E-state index contributed by atoms with van der Waals surface area (Å²) in [5.41, 5.74) is 4.17. The van der Waals surface area contributed by atoms with Gasteiger partial charge in [-0.1, -0.05) is 0 Å². The molecule has 5 heterocycles. The number of rotatable bonds is 3. The quantitative estimate of drug-likeness (QED) is 0.432. The Hall–Kier alpha value is -2.31. The summed E-state index contributed by atoms with van der Waals surface area (Å²) in [6, 6.07) is 7.10. The average Bonchev–Trinajstić information content (AvgIpc) is 3.04. The number of amides is 1. The molecule has 216 valence electrons. The van der Waals surface area contributed by atoms with E-state index in [4.69, 9.17) is 19.2 Å². The van der Waals surface area contributed by atoms with Crippen LogP contribution in [0.25, 0.3) is 0 Å². The highest BCUT2D eigenvalue weighted by Crippen LogP contribution is 2.46. The maximum Gasteiger partial charge on any atom is 0.410 e. The fourth-order valence-corrected chi connectivity index (χ4v) is 7.01. The maximum absolute atomic E-state index is 12.3. The first kappa shape index (κ1) is 27.8. The topological polar surface area (TPSA) is 79.4 Å². The largest absolute Gasteiger partial charge is 0.483 e. The third-order valence-corrected chi connectivity index (χ3v) is 9.17. The van der Waals surface area contributed by atoms with E-state index in [0.717, 1.165) is 91.7 Å². The first-order valence-corrected chi connectivity index (χ1v) is 15.5. The number of nitrogens with zero attached hydrogens (tertiary/aromatic N) is 4. The summed E-state index contributed by atoms with van der Waals surface area (Å²) in [5.74, 6) is 2.26. The normalized spacial score (nSPS) is 22.4. The minimum atomic E-state index is -0.451. The summed E-state index contributed by atoms with van der Waals surface area (Å²) in [7, 11) is 0. The van der Waals surface area contributed by atoms with E-state index in [2.05, 4.69) is 62.8 Å². The molecule has 0 saturated carbocycles. The molecular formula is C30H40IN5O4. The van der Waals surface area contributed by atoms with Crippen molar-refractivity contribution in [2.24, 2.45) is 0 Å². The van der Waals surface area contributed by atoms with Gasteiger partial charge in [0.15, 0.2) is 5.75 Å². The number of anilines is 3. The molecule has 0 radical (unpaired) electrons. The van der Waals surface area contributed by atoms with Gasteiger partial charge in [-0.3, -0.25) is 4.90 Å². The first-order chi connectivity index (χ1) is 19.2. The van der Waals surface area contributed by atoms with E-state index >= 15 is 0 Å². The highest BCUT2D eigenvalue weighted by molar-refractivity contribution is 14.1. The van der Waals surface area contributed by atoms with Crippen LogP contribution in [0.3, 0.4) is 0 Å². The average molecular weight is 662 g/mol. The van der Waals surface area contributed by atoms with Gasteiger partial charge in [-0.15, -0.1) is 0 Å². The van der Waals surface area contributed by atoms with Crippen LogP contribution >= 0.6 is 22.6 Å². The smallest absolute Gasteiger partial charge is 0.410 e. The molecule has 1 unspecified atom stereocenters. The number of fused-ring (bicyclic) bond motifs is 2. The Bertz CT molecular complexity index is 1250. The Morgan fingerprint density at radius 3 is 2.55 bits per heavy atom. The standard InChI is InChI=1S/C30H40IN5O4/c1-19-26-25(35-11-13-38-14-12-35)5-8-32-28(26)33-24-16-21(15-23(31)27(24)39-19)20-6-9-34(10-7-20)22-17-36(18-22)29(37)40-30(2,3)4/h5,8,15-16,19-20,22H,6-7,9-14,17-18H2,1-4H3,(H,32,33). The van der Waals surface area contributed by atoms with Gasteiger partial charge in [-0.25, -0.2) is 9.78 Å². The number of carbonyl (C=O) groups excluding carboxylic acids is 1. The minimum absolute atomic E-state index is 0.124. The summed E-state index contributed by atoms with van der Waals surface area (Å²) >= 11 is 2.42. The molecule has 1 atom stereocenters. The van der Waals surface area contributed by atoms with Crippen molar-refractivity contribution in [2.45, 2.75) is 64.2 Å². The zero-order valence-electron chi connectivity index (χ0n) is 23.9. The minimum Gasteiger partial charge on any atom is -0.483 e. The molecule has 2 aromatic rings. The van der Waals surface area contributed by atoms with Crippen molar-refractivity contribution in [1.29, 1.82) is 0 Å². The second-order valence-corrected chi connectivity index (χ2v) is 13.5. The molecule has 6 rings (SSSR count). The van der Waals surface area contributed by atoms with Crippen molar-refractivity contribution in [3.63, 3.8) is 0 Å². The van der Waals surface area contributed by atoms with Gasteiger partial charge in [0, 0.05) is 44.1 Å². The third-order valence-electron chi connectivity index (χ3n) is 8.37. The van der Waals surface area contributed by atoms with Crippen LogP contribution in [-0.4, -0.2) is 85.0 Å². The summed E-state index contributed by atoms with van der Waals surface area (Å²) in [6.45, 7) is 14.7. The molecule has 1 aromatic heterocycles. The molecule has 4 aliphatic heterocycles. The van der Waals surface area contributed by atoms with Crippen LogP contribution < -0.4 is 15.0 Å². The highest BCUT2D eigenvalue weighted by atomic mass is 127. The number of nitrogens with one attached hydrogen (secondary N) is 1. The van der Waals surface area contributed by atoms with Gasteiger partial charge in [0.2, 0.25) is 0 Å². The molecule has 0 spiro atoms. The number of morpholine rings is 1. The van der Waals surface area contributed by atoms with E-state index in [1.54, 1.807) is 0 Å². The second-order valence-electron chi connectivity index (χ2n) is 12.3. The fourth-order valence-electron chi connectivity index (χ4n) is 6.23. The Kier molecular flexibility index (Phi) is 7.77. The number of piperidine rings is 1. The number of hydrogen-bond acceptors (Lipinski definition) is 8. The van der Waals surface area contributed by atoms with Gasteiger partial charge in [0.05, 0.1) is 28.0 Å². The van der Waals surface area contributed by atoms with Crippen molar-refractivity contribution < 1.29 is 19.0 Å². The Labute approximate surface area is 250 Å². The third kappa shape index (κ3) is 5.72. The number of likely N-dealkylation sites (tertiary alicyclic amines) is 2. The van der Waals surface area contributed by atoms with Crippen LogP contribution in [-0.2, 0) is 9.47 Å². The zero-order valence-corrected chi connectivity index (χ0v) is 26.1. The van der Waals surface area contributed by atoms with Crippen LogP contribution in [0.2, 0.25) is 0 Å². The lowest BCUT2D eigenvalue weighted by molar-refractivity contribution is -0.0196. The molecule has 0 bridgehead atoms. The molecule has 3 fully saturated rings. The molecule has 4 aliphatic rings. The first-order valence-electron chi connectivity index (χ1n) is 14.5. The molecular weight excluding hydrogens is 621 g/mol. The lowest BCUT2D eigenvalue weighted by atomic mass is 9.88. The van der Waals surface area contributed by atoms with Crippen LogP contribution in [0.15, 0.2) is 24.4 Å². The summed E-state index contributed by atoms with van der Waals surface area (Å²) in [5, 5.41) is 3.65. The molecule has 1 aromatic carbocycles. The van der Waals surface area contributed by atoms with Crippen LogP contribution in [0.1, 0.15) is 63.7 Å². The van der Waals surface area contributed by atoms with Gasteiger partial charge in [0.1, 0.15) is 17.5 Å². The van der Waals surface area contributed by atoms with Crippen molar-refractivity contribution in [3.05, 3.63) is 39.1 Å².